The Bertz CT molecular complexity index is 526. The largest absolute Gasteiger partial charge is 0.416 e. The van der Waals surface area contributed by atoms with Gasteiger partial charge in [0, 0.05) is 13.1 Å². The lowest BCUT2D eigenvalue weighted by atomic mass is 9.97. The summed E-state index contributed by atoms with van der Waals surface area (Å²) >= 11 is 0. The first-order valence-corrected chi connectivity index (χ1v) is 5.96. The predicted octanol–water partition coefficient (Wildman–Crippen LogP) is 3.32. The van der Waals surface area contributed by atoms with Gasteiger partial charge in [-0.15, -0.1) is 0 Å². The van der Waals surface area contributed by atoms with E-state index >= 15 is 0 Å². The third kappa shape index (κ3) is 3.36. The molecule has 19 heavy (non-hydrogen) atoms. The van der Waals surface area contributed by atoms with Crippen LogP contribution < -0.4 is 0 Å². The van der Waals surface area contributed by atoms with Crippen molar-refractivity contribution < 1.29 is 13.2 Å². The standard InChI is InChI=1S/C14H13F3N2/c15-14(16,17)13-3-1-2-12(10-13)11-4-7-19(8-5-11)9-6-18/h1-4,10H,5,7-9H2. The second-order valence-corrected chi connectivity index (χ2v) is 4.45. The SMILES string of the molecule is N#CCN1CC=C(c2cccc(C(F)(F)F)c2)CC1. The smallest absolute Gasteiger partial charge is 0.287 e. The van der Waals surface area contributed by atoms with E-state index in [-0.39, 0.29) is 0 Å². The third-order valence-corrected chi connectivity index (χ3v) is 3.15. The molecule has 0 spiro atoms. The maximum atomic E-state index is 12.6. The molecule has 100 valence electrons. The van der Waals surface area contributed by atoms with Crippen molar-refractivity contribution in [3.05, 3.63) is 41.5 Å². The Labute approximate surface area is 109 Å². The lowest BCUT2D eigenvalue weighted by molar-refractivity contribution is -0.137. The van der Waals surface area contributed by atoms with Crippen LogP contribution in [0.4, 0.5) is 13.2 Å². The van der Waals surface area contributed by atoms with Crippen LogP contribution in [0.5, 0.6) is 0 Å². The Kier molecular flexibility index (Phi) is 3.91. The molecular weight excluding hydrogens is 253 g/mol. The summed E-state index contributed by atoms with van der Waals surface area (Å²) in [5, 5.41) is 8.59. The van der Waals surface area contributed by atoms with E-state index in [1.165, 1.54) is 12.1 Å². The molecule has 0 fully saturated rings. The van der Waals surface area contributed by atoms with Gasteiger partial charge in [-0.3, -0.25) is 4.90 Å². The van der Waals surface area contributed by atoms with Crippen LogP contribution in [0.1, 0.15) is 17.5 Å². The van der Waals surface area contributed by atoms with E-state index in [2.05, 4.69) is 6.07 Å². The molecule has 0 radical (unpaired) electrons. The minimum absolute atomic E-state index is 0.354. The number of rotatable bonds is 2. The number of nitriles is 1. The van der Waals surface area contributed by atoms with E-state index in [1.807, 2.05) is 11.0 Å². The minimum atomic E-state index is -4.31. The highest BCUT2D eigenvalue weighted by Crippen LogP contribution is 2.32. The molecule has 0 atom stereocenters. The fraction of sp³-hybridized carbons (Fsp3) is 0.357. The van der Waals surface area contributed by atoms with E-state index in [4.69, 9.17) is 5.26 Å². The van der Waals surface area contributed by atoms with Crippen LogP contribution >= 0.6 is 0 Å². The molecular formula is C14H13F3N2. The normalized spacial score (nSPS) is 16.8. The number of benzene rings is 1. The van der Waals surface area contributed by atoms with Gasteiger partial charge in [0.15, 0.2) is 0 Å². The van der Waals surface area contributed by atoms with E-state index in [1.54, 1.807) is 6.07 Å². The van der Waals surface area contributed by atoms with Crippen LogP contribution in [0.3, 0.4) is 0 Å². The molecule has 1 aliphatic rings. The molecule has 0 bridgehead atoms. The van der Waals surface area contributed by atoms with Gasteiger partial charge in [-0.2, -0.15) is 18.4 Å². The van der Waals surface area contributed by atoms with Crippen molar-refractivity contribution in [3.8, 4) is 6.07 Å². The van der Waals surface area contributed by atoms with Crippen molar-refractivity contribution in [3.63, 3.8) is 0 Å². The summed E-state index contributed by atoms with van der Waals surface area (Å²) in [7, 11) is 0. The molecule has 0 amide bonds. The summed E-state index contributed by atoms with van der Waals surface area (Å²) in [6.07, 6.45) is -1.74. The molecule has 0 aliphatic carbocycles. The van der Waals surface area contributed by atoms with Gasteiger partial charge in [-0.05, 0) is 29.7 Å². The van der Waals surface area contributed by atoms with Crippen molar-refractivity contribution in [1.82, 2.24) is 4.90 Å². The number of alkyl halides is 3. The first-order valence-electron chi connectivity index (χ1n) is 5.96. The van der Waals surface area contributed by atoms with Crippen LogP contribution in [0.15, 0.2) is 30.3 Å². The van der Waals surface area contributed by atoms with E-state index in [0.29, 0.717) is 31.6 Å². The zero-order valence-corrected chi connectivity index (χ0v) is 10.2. The van der Waals surface area contributed by atoms with Crippen LogP contribution in [0.2, 0.25) is 0 Å². The van der Waals surface area contributed by atoms with Crippen LogP contribution in [-0.4, -0.2) is 24.5 Å². The lowest BCUT2D eigenvalue weighted by Crippen LogP contribution is -2.28. The second-order valence-electron chi connectivity index (χ2n) is 4.45. The average molecular weight is 266 g/mol. The molecule has 0 aromatic heterocycles. The summed E-state index contributed by atoms with van der Waals surface area (Å²) in [5.41, 5.74) is 0.914. The average Bonchev–Trinajstić information content (AvgIpc) is 2.39. The Morgan fingerprint density at radius 1 is 1.32 bits per heavy atom. The minimum Gasteiger partial charge on any atom is -0.287 e. The maximum absolute atomic E-state index is 12.6. The molecule has 0 saturated heterocycles. The number of halogens is 3. The van der Waals surface area contributed by atoms with Crippen molar-refractivity contribution in [1.29, 1.82) is 5.26 Å². The molecule has 0 saturated carbocycles. The maximum Gasteiger partial charge on any atom is 0.416 e. The highest BCUT2D eigenvalue weighted by Gasteiger charge is 2.30. The monoisotopic (exact) mass is 266 g/mol. The van der Waals surface area contributed by atoms with Crippen LogP contribution in [0.25, 0.3) is 5.57 Å². The zero-order valence-electron chi connectivity index (χ0n) is 10.2. The fourth-order valence-corrected chi connectivity index (χ4v) is 2.11. The van der Waals surface area contributed by atoms with Gasteiger partial charge in [0.2, 0.25) is 0 Å². The van der Waals surface area contributed by atoms with E-state index in [0.717, 1.165) is 11.6 Å². The van der Waals surface area contributed by atoms with Gasteiger partial charge in [0.25, 0.3) is 0 Å². The Balaban J connectivity index is 2.18. The quantitative estimate of drug-likeness (QED) is 0.768. The molecule has 1 aliphatic heterocycles. The van der Waals surface area contributed by atoms with E-state index in [9.17, 15) is 13.2 Å². The topological polar surface area (TPSA) is 27.0 Å². The summed E-state index contributed by atoms with van der Waals surface area (Å²) in [4.78, 5) is 1.96. The molecule has 5 heteroatoms. The third-order valence-electron chi connectivity index (χ3n) is 3.15. The van der Waals surface area contributed by atoms with Gasteiger partial charge >= 0.3 is 6.18 Å². The van der Waals surface area contributed by atoms with Gasteiger partial charge in [-0.1, -0.05) is 18.2 Å². The van der Waals surface area contributed by atoms with Gasteiger partial charge in [0.1, 0.15) is 0 Å². The number of nitrogens with zero attached hydrogens (tertiary/aromatic N) is 2. The fourth-order valence-electron chi connectivity index (χ4n) is 2.11. The van der Waals surface area contributed by atoms with Crippen molar-refractivity contribution in [2.45, 2.75) is 12.6 Å². The van der Waals surface area contributed by atoms with Gasteiger partial charge < -0.3 is 0 Å². The lowest BCUT2D eigenvalue weighted by Gasteiger charge is -2.24. The Morgan fingerprint density at radius 3 is 2.68 bits per heavy atom. The number of hydrogen-bond donors (Lipinski definition) is 0. The van der Waals surface area contributed by atoms with Crippen molar-refractivity contribution in [2.24, 2.45) is 0 Å². The summed E-state index contributed by atoms with van der Waals surface area (Å²) in [6.45, 7) is 1.67. The van der Waals surface area contributed by atoms with Crippen molar-refractivity contribution in [2.75, 3.05) is 19.6 Å². The van der Waals surface area contributed by atoms with Crippen LogP contribution in [-0.2, 0) is 6.18 Å². The molecule has 1 aromatic carbocycles. The first kappa shape index (κ1) is 13.6. The Morgan fingerprint density at radius 2 is 2.11 bits per heavy atom. The molecule has 1 heterocycles. The molecule has 2 rings (SSSR count). The predicted molar refractivity (Wildman–Crippen MR) is 66.1 cm³/mol. The molecule has 0 unspecified atom stereocenters. The highest BCUT2D eigenvalue weighted by molar-refractivity contribution is 5.67. The van der Waals surface area contributed by atoms with Gasteiger partial charge in [0.05, 0.1) is 18.2 Å². The summed E-state index contributed by atoms with van der Waals surface area (Å²) < 4.78 is 37.9. The number of hydrogen-bond acceptors (Lipinski definition) is 2. The summed E-state index contributed by atoms with van der Waals surface area (Å²) in [6, 6.07) is 7.46. The van der Waals surface area contributed by atoms with E-state index < -0.39 is 11.7 Å². The molecule has 2 nitrogen and oxygen atoms in total. The first-order chi connectivity index (χ1) is 9.00. The molecule has 1 aromatic rings. The Hall–Kier alpha value is -1.80. The van der Waals surface area contributed by atoms with Gasteiger partial charge in [-0.25, -0.2) is 0 Å². The van der Waals surface area contributed by atoms with Crippen molar-refractivity contribution >= 4 is 5.57 Å². The second kappa shape index (κ2) is 5.45. The molecule has 0 N–H and O–H groups in total. The van der Waals surface area contributed by atoms with Crippen LogP contribution in [0, 0.1) is 11.3 Å². The summed E-state index contributed by atoms with van der Waals surface area (Å²) in [5.74, 6) is 0. The highest BCUT2D eigenvalue weighted by atomic mass is 19.4. The zero-order chi connectivity index (χ0) is 13.9.